The molecule has 146 valence electrons. The van der Waals surface area contributed by atoms with Crippen LogP contribution in [0, 0.1) is 6.92 Å². The van der Waals surface area contributed by atoms with Crippen LogP contribution in [-0.2, 0) is 22.9 Å². The molecule has 3 N–H and O–H groups in total. The van der Waals surface area contributed by atoms with E-state index in [-0.39, 0.29) is 23.2 Å². The molecule has 27 heavy (non-hydrogen) atoms. The summed E-state index contributed by atoms with van der Waals surface area (Å²) in [4.78, 5) is 0. The van der Waals surface area contributed by atoms with Gasteiger partial charge in [-0.25, -0.2) is 8.42 Å². The Balaban J connectivity index is 1.95. The molecule has 0 fully saturated rings. The van der Waals surface area contributed by atoms with Crippen LogP contribution in [-0.4, -0.2) is 25.8 Å². The van der Waals surface area contributed by atoms with Gasteiger partial charge in [0.25, 0.3) is 0 Å². The Labute approximate surface area is 176 Å². The molecular formula is C19H22Br2N2O3S. The largest absolute Gasteiger partial charge is 0.506 e. The van der Waals surface area contributed by atoms with Crippen molar-refractivity contribution in [2.75, 3.05) is 17.0 Å². The van der Waals surface area contributed by atoms with Crippen LogP contribution in [0.2, 0.25) is 0 Å². The summed E-state index contributed by atoms with van der Waals surface area (Å²) in [5, 5.41) is 13.8. The lowest BCUT2D eigenvalue weighted by Gasteiger charge is -2.28. The fraction of sp³-hybridized carbons (Fsp3) is 0.368. The van der Waals surface area contributed by atoms with Crippen LogP contribution < -0.4 is 10.0 Å². The topological polar surface area (TPSA) is 78.4 Å². The number of anilines is 1. The summed E-state index contributed by atoms with van der Waals surface area (Å²) in [6, 6.07) is 7.69. The molecule has 0 amide bonds. The van der Waals surface area contributed by atoms with Gasteiger partial charge in [0.15, 0.2) is 0 Å². The highest BCUT2D eigenvalue weighted by molar-refractivity contribution is 9.11. The third-order valence-corrected chi connectivity index (χ3v) is 7.78. The van der Waals surface area contributed by atoms with E-state index in [1.807, 2.05) is 6.92 Å². The van der Waals surface area contributed by atoms with E-state index in [9.17, 15) is 13.5 Å². The van der Waals surface area contributed by atoms with Gasteiger partial charge in [-0.2, -0.15) is 0 Å². The standard InChI is InChI=1S/C19H22Br2N2O3S/c1-3-27(25,26)23-18-10-14-13(9-19(18)24)4-5-22-17(14)8-12-6-15(20)11(2)16(21)7-12/h6-7,9-10,17,22-24H,3-5,8H2,1-2H3. The van der Waals surface area contributed by atoms with Crippen molar-refractivity contribution in [1.29, 1.82) is 0 Å². The molecule has 3 rings (SSSR count). The van der Waals surface area contributed by atoms with Crippen LogP contribution in [0.25, 0.3) is 0 Å². The zero-order valence-electron chi connectivity index (χ0n) is 15.1. The second kappa shape index (κ2) is 8.11. The molecule has 8 heteroatoms. The Morgan fingerprint density at radius 3 is 2.52 bits per heavy atom. The van der Waals surface area contributed by atoms with Gasteiger partial charge in [-0.05, 0) is 79.8 Å². The zero-order valence-corrected chi connectivity index (χ0v) is 19.1. The summed E-state index contributed by atoms with van der Waals surface area (Å²) in [7, 11) is -3.46. The van der Waals surface area contributed by atoms with E-state index < -0.39 is 10.0 Å². The number of aromatic hydroxyl groups is 1. The first-order valence-corrected chi connectivity index (χ1v) is 12.0. The number of benzene rings is 2. The molecule has 0 saturated carbocycles. The number of hydrogen-bond acceptors (Lipinski definition) is 4. The number of nitrogens with one attached hydrogen (secondary N) is 2. The monoisotopic (exact) mass is 516 g/mol. The van der Waals surface area contributed by atoms with Gasteiger partial charge in [0.2, 0.25) is 10.0 Å². The van der Waals surface area contributed by atoms with E-state index in [0.29, 0.717) is 0 Å². The summed E-state index contributed by atoms with van der Waals surface area (Å²) in [5.41, 5.74) is 4.60. The van der Waals surface area contributed by atoms with Gasteiger partial charge in [-0.3, -0.25) is 4.72 Å². The number of hydrogen-bond donors (Lipinski definition) is 3. The lowest BCUT2D eigenvalue weighted by Crippen LogP contribution is -2.31. The molecule has 1 aliphatic heterocycles. The average molecular weight is 518 g/mol. The molecule has 0 radical (unpaired) electrons. The highest BCUT2D eigenvalue weighted by Crippen LogP contribution is 2.36. The van der Waals surface area contributed by atoms with Crippen molar-refractivity contribution >= 4 is 47.6 Å². The summed E-state index contributed by atoms with van der Waals surface area (Å²) in [6.45, 7) is 4.42. The Kier molecular flexibility index (Phi) is 6.20. The number of rotatable bonds is 5. The number of halogens is 2. The summed E-state index contributed by atoms with van der Waals surface area (Å²) in [5.74, 6) is -0.0800. The van der Waals surface area contributed by atoms with Crippen molar-refractivity contribution in [1.82, 2.24) is 5.32 Å². The molecule has 2 aromatic rings. The molecule has 2 aromatic carbocycles. The quantitative estimate of drug-likeness (QED) is 0.513. The molecule has 5 nitrogen and oxygen atoms in total. The van der Waals surface area contributed by atoms with E-state index >= 15 is 0 Å². The first-order valence-electron chi connectivity index (χ1n) is 8.74. The Morgan fingerprint density at radius 2 is 1.89 bits per heavy atom. The van der Waals surface area contributed by atoms with E-state index in [1.165, 1.54) is 0 Å². The number of fused-ring (bicyclic) bond motifs is 1. The maximum Gasteiger partial charge on any atom is 0.232 e. The van der Waals surface area contributed by atoms with Crippen molar-refractivity contribution in [3.8, 4) is 5.75 Å². The maximum atomic E-state index is 11.9. The Hall–Kier alpha value is -1.09. The Bertz CT molecular complexity index is 954. The number of phenols is 1. The van der Waals surface area contributed by atoms with Crippen molar-refractivity contribution in [2.45, 2.75) is 32.7 Å². The number of sulfonamides is 1. The minimum Gasteiger partial charge on any atom is -0.506 e. The first kappa shape index (κ1) is 20.6. The zero-order chi connectivity index (χ0) is 19.8. The molecule has 0 aromatic heterocycles. The van der Waals surface area contributed by atoms with Gasteiger partial charge in [0, 0.05) is 15.0 Å². The van der Waals surface area contributed by atoms with Crippen molar-refractivity contribution in [3.63, 3.8) is 0 Å². The summed E-state index contributed by atoms with van der Waals surface area (Å²) >= 11 is 7.19. The van der Waals surface area contributed by atoms with Gasteiger partial charge >= 0.3 is 0 Å². The van der Waals surface area contributed by atoms with Crippen molar-refractivity contribution in [2.24, 2.45) is 0 Å². The average Bonchev–Trinajstić information content (AvgIpc) is 2.60. The predicted octanol–water partition coefficient (Wildman–Crippen LogP) is 4.42. The van der Waals surface area contributed by atoms with Crippen LogP contribution in [0.15, 0.2) is 33.2 Å². The highest BCUT2D eigenvalue weighted by atomic mass is 79.9. The lowest BCUT2D eigenvalue weighted by atomic mass is 9.89. The fourth-order valence-electron chi connectivity index (χ4n) is 3.24. The molecule has 1 heterocycles. The maximum absolute atomic E-state index is 11.9. The highest BCUT2D eigenvalue weighted by Gasteiger charge is 2.23. The van der Waals surface area contributed by atoms with Crippen LogP contribution in [0.1, 0.15) is 35.2 Å². The van der Waals surface area contributed by atoms with Crippen LogP contribution in [0.3, 0.4) is 0 Å². The Morgan fingerprint density at radius 1 is 1.22 bits per heavy atom. The van der Waals surface area contributed by atoms with Crippen LogP contribution >= 0.6 is 31.9 Å². The fourth-order valence-corrected chi connectivity index (χ4v) is 5.16. The third kappa shape index (κ3) is 4.67. The van der Waals surface area contributed by atoms with E-state index in [4.69, 9.17) is 0 Å². The molecule has 1 atom stereocenters. The summed E-state index contributed by atoms with van der Waals surface area (Å²) in [6.07, 6.45) is 1.55. The van der Waals surface area contributed by atoms with Crippen molar-refractivity contribution < 1.29 is 13.5 Å². The summed E-state index contributed by atoms with van der Waals surface area (Å²) < 4.78 is 28.4. The van der Waals surface area contributed by atoms with Gasteiger partial charge < -0.3 is 10.4 Å². The van der Waals surface area contributed by atoms with E-state index in [0.717, 1.165) is 50.6 Å². The normalized spacial score (nSPS) is 16.8. The van der Waals surface area contributed by atoms with Crippen LogP contribution in [0.4, 0.5) is 5.69 Å². The lowest BCUT2D eigenvalue weighted by molar-refractivity contribution is 0.469. The van der Waals surface area contributed by atoms with Gasteiger partial charge in [-0.15, -0.1) is 0 Å². The molecule has 1 aliphatic rings. The van der Waals surface area contributed by atoms with Crippen LogP contribution in [0.5, 0.6) is 5.75 Å². The second-order valence-electron chi connectivity index (χ2n) is 6.72. The number of phenolic OH excluding ortho intramolecular Hbond substituents is 1. The molecular weight excluding hydrogens is 496 g/mol. The SMILES string of the molecule is CCS(=O)(=O)Nc1cc2c(cc1O)CCNC2Cc1cc(Br)c(C)c(Br)c1. The first-order chi connectivity index (χ1) is 12.7. The second-order valence-corrected chi connectivity index (χ2v) is 10.4. The minimum atomic E-state index is -3.46. The van der Waals surface area contributed by atoms with Gasteiger partial charge in [0.05, 0.1) is 11.4 Å². The van der Waals surface area contributed by atoms with Crippen molar-refractivity contribution in [3.05, 3.63) is 55.5 Å². The van der Waals surface area contributed by atoms with Gasteiger partial charge in [0.1, 0.15) is 5.75 Å². The molecule has 0 spiro atoms. The van der Waals surface area contributed by atoms with E-state index in [1.54, 1.807) is 19.1 Å². The minimum absolute atomic E-state index is 0.0350. The molecule has 0 bridgehead atoms. The smallest absolute Gasteiger partial charge is 0.232 e. The predicted molar refractivity (Wildman–Crippen MR) is 116 cm³/mol. The third-order valence-electron chi connectivity index (χ3n) is 4.84. The molecule has 1 unspecified atom stereocenters. The van der Waals surface area contributed by atoms with Gasteiger partial charge in [-0.1, -0.05) is 31.9 Å². The molecule has 0 aliphatic carbocycles. The van der Waals surface area contributed by atoms with E-state index in [2.05, 4.69) is 54.0 Å². The molecule has 0 saturated heterocycles.